The van der Waals surface area contributed by atoms with E-state index in [1.165, 1.54) is 6.33 Å². The van der Waals surface area contributed by atoms with E-state index in [1.54, 1.807) is 12.4 Å². The minimum atomic E-state index is 0.0286. The van der Waals surface area contributed by atoms with Crippen molar-refractivity contribution in [1.82, 2.24) is 9.97 Å². The first-order valence-electron chi connectivity index (χ1n) is 5.58. The van der Waals surface area contributed by atoms with Gasteiger partial charge in [0, 0.05) is 29.4 Å². The van der Waals surface area contributed by atoms with E-state index in [4.69, 9.17) is 0 Å². The fourth-order valence-corrected chi connectivity index (χ4v) is 1.61. The zero-order chi connectivity index (χ0) is 12.3. The zero-order valence-electron chi connectivity index (χ0n) is 9.92. The van der Waals surface area contributed by atoms with Gasteiger partial charge in [0.15, 0.2) is 5.78 Å². The molecule has 0 unspecified atom stereocenters. The lowest BCUT2D eigenvalue weighted by Crippen LogP contribution is -2.06. The van der Waals surface area contributed by atoms with Crippen molar-refractivity contribution in [2.45, 2.75) is 13.8 Å². The van der Waals surface area contributed by atoms with Crippen molar-refractivity contribution < 1.29 is 4.79 Å². The largest absolute Gasteiger partial charge is 0.294 e. The molecular formula is C14H14N2O. The number of Topliss-reactive ketones (excluding diaryl/α,β-unsaturated/α-hetero) is 1. The van der Waals surface area contributed by atoms with Crippen molar-refractivity contribution in [3.63, 3.8) is 0 Å². The van der Waals surface area contributed by atoms with Gasteiger partial charge in [-0.25, -0.2) is 9.97 Å². The van der Waals surface area contributed by atoms with Gasteiger partial charge in [0.25, 0.3) is 0 Å². The summed E-state index contributed by atoms with van der Waals surface area (Å²) in [6, 6.07) is 7.55. The molecule has 0 atom stereocenters. The average Bonchev–Trinajstić information content (AvgIpc) is 2.39. The van der Waals surface area contributed by atoms with E-state index >= 15 is 0 Å². The van der Waals surface area contributed by atoms with E-state index < -0.39 is 0 Å². The summed E-state index contributed by atoms with van der Waals surface area (Å²) in [6.45, 7) is 3.81. The summed E-state index contributed by atoms with van der Waals surface area (Å²) >= 11 is 0. The molecule has 0 aliphatic rings. The van der Waals surface area contributed by atoms with Crippen LogP contribution in [-0.2, 0) is 0 Å². The van der Waals surface area contributed by atoms with Crippen LogP contribution in [0, 0.1) is 5.92 Å². The van der Waals surface area contributed by atoms with Crippen LogP contribution in [0.25, 0.3) is 11.1 Å². The number of ketones is 1. The van der Waals surface area contributed by atoms with Crippen LogP contribution in [0.15, 0.2) is 43.0 Å². The summed E-state index contributed by atoms with van der Waals surface area (Å²) in [5, 5.41) is 0. The van der Waals surface area contributed by atoms with E-state index in [1.807, 2.05) is 38.1 Å². The van der Waals surface area contributed by atoms with Crippen LogP contribution < -0.4 is 0 Å². The second kappa shape index (κ2) is 4.87. The monoisotopic (exact) mass is 226 g/mol. The molecule has 86 valence electrons. The first-order valence-corrected chi connectivity index (χ1v) is 5.58. The Labute approximate surface area is 101 Å². The molecule has 2 aromatic rings. The highest BCUT2D eigenvalue weighted by molar-refractivity contribution is 5.97. The third kappa shape index (κ3) is 2.56. The lowest BCUT2D eigenvalue weighted by Gasteiger charge is -2.05. The Hall–Kier alpha value is -2.03. The quantitative estimate of drug-likeness (QED) is 0.755. The van der Waals surface area contributed by atoms with Crippen LogP contribution in [0.4, 0.5) is 0 Å². The highest BCUT2D eigenvalue weighted by Gasteiger charge is 2.09. The van der Waals surface area contributed by atoms with Gasteiger partial charge < -0.3 is 0 Å². The number of benzene rings is 1. The van der Waals surface area contributed by atoms with Crippen molar-refractivity contribution in [1.29, 1.82) is 0 Å². The first-order chi connectivity index (χ1) is 8.18. The number of carbonyl (C=O) groups excluding carboxylic acids is 1. The van der Waals surface area contributed by atoms with Crippen LogP contribution >= 0.6 is 0 Å². The van der Waals surface area contributed by atoms with Crippen LogP contribution in [0.1, 0.15) is 24.2 Å². The summed E-state index contributed by atoms with van der Waals surface area (Å²) in [5.41, 5.74) is 2.72. The molecule has 0 amide bonds. The maximum Gasteiger partial charge on any atom is 0.165 e. The molecule has 1 heterocycles. The molecule has 0 aliphatic heterocycles. The highest BCUT2D eigenvalue weighted by Crippen LogP contribution is 2.18. The lowest BCUT2D eigenvalue weighted by atomic mass is 9.99. The maximum atomic E-state index is 11.8. The lowest BCUT2D eigenvalue weighted by molar-refractivity contribution is 0.0939. The molecule has 17 heavy (non-hydrogen) atoms. The Morgan fingerprint density at radius 2 is 1.59 bits per heavy atom. The normalized spacial score (nSPS) is 10.5. The number of carbonyl (C=O) groups is 1. The van der Waals surface area contributed by atoms with Gasteiger partial charge in [-0.1, -0.05) is 38.1 Å². The molecule has 0 bridgehead atoms. The third-order valence-electron chi connectivity index (χ3n) is 2.59. The van der Waals surface area contributed by atoms with Gasteiger partial charge in [0.2, 0.25) is 0 Å². The van der Waals surface area contributed by atoms with Gasteiger partial charge in [-0.15, -0.1) is 0 Å². The topological polar surface area (TPSA) is 42.9 Å². The minimum absolute atomic E-state index is 0.0286. The van der Waals surface area contributed by atoms with Gasteiger partial charge in [-0.3, -0.25) is 4.79 Å². The van der Waals surface area contributed by atoms with Crippen LogP contribution in [-0.4, -0.2) is 15.8 Å². The van der Waals surface area contributed by atoms with Crippen LogP contribution in [0.2, 0.25) is 0 Å². The summed E-state index contributed by atoms with van der Waals surface area (Å²) in [7, 11) is 0. The maximum absolute atomic E-state index is 11.8. The Balaban J connectivity index is 2.28. The molecule has 0 fully saturated rings. The van der Waals surface area contributed by atoms with Crippen LogP contribution in [0.5, 0.6) is 0 Å². The predicted molar refractivity (Wildman–Crippen MR) is 66.6 cm³/mol. The number of nitrogens with zero attached hydrogens (tertiary/aromatic N) is 2. The van der Waals surface area contributed by atoms with E-state index in [9.17, 15) is 4.79 Å². The van der Waals surface area contributed by atoms with E-state index in [2.05, 4.69) is 9.97 Å². The molecular weight excluding hydrogens is 212 g/mol. The second-order valence-corrected chi connectivity index (χ2v) is 4.22. The standard InChI is InChI=1S/C14H14N2O/c1-10(2)14(17)12-5-3-11(4-6-12)13-7-15-9-16-8-13/h3-10H,1-2H3. The Kier molecular flexibility index (Phi) is 3.28. The van der Waals surface area contributed by atoms with E-state index in [0.29, 0.717) is 0 Å². The molecule has 3 nitrogen and oxygen atoms in total. The van der Waals surface area contributed by atoms with Crippen molar-refractivity contribution in [2.24, 2.45) is 5.92 Å². The first kappa shape index (κ1) is 11.5. The summed E-state index contributed by atoms with van der Waals surface area (Å²) in [5.74, 6) is 0.196. The number of rotatable bonds is 3. The van der Waals surface area contributed by atoms with Crippen LogP contribution in [0.3, 0.4) is 0 Å². The highest BCUT2D eigenvalue weighted by atomic mass is 16.1. The predicted octanol–water partition coefficient (Wildman–Crippen LogP) is 2.98. The van der Waals surface area contributed by atoms with Gasteiger partial charge in [0.1, 0.15) is 6.33 Å². The zero-order valence-corrected chi connectivity index (χ0v) is 9.92. The number of hydrogen-bond acceptors (Lipinski definition) is 3. The number of hydrogen-bond donors (Lipinski definition) is 0. The molecule has 0 saturated carbocycles. The molecule has 1 aromatic carbocycles. The molecule has 0 saturated heterocycles. The van der Waals surface area contributed by atoms with Crippen molar-refractivity contribution in [3.05, 3.63) is 48.5 Å². The smallest absolute Gasteiger partial charge is 0.165 e. The average molecular weight is 226 g/mol. The van der Waals surface area contributed by atoms with E-state index in [-0.39, 0.29) is 11.7 Å². The molecule has 0 N–H and O–H groups in total. The van der Waals surface area contributed by atoms with Gasteiger partial charge in [-0.05, 0) is 5.56 Å². The SMILES string of the molecule is CC(C)C(=O)c1ccc(-c2cncnc2)cc1. The fourth-order valence-electron chi connectivity index (χ4n) is 1.61. The molecule has 1 aromatic heterocycles. The molecule has 2 rings (SSSR count). The molecule has 0 spiro atoms. The Morgan fingerprint density at radius 3 is 2.12 bits per heavy atom. The van der Waals surface area contributed by atoms with Gasteiger partial charge >= 0.3 is 0 Å². The van der Waals surface area contributed by atoms with Crippen molar-refractivity contribution in [2.75, 3.05) is 0 Å². The molecule has 0 radical (unpaired) electrons. The van der Waals surface area contributed by atoms with Gasteiger partial charge in [0.05, 0.1) is 0 Å². The third-order valence-corrected chi connectivity index (χ3v) is 2.59. The second-order valence-electron chi connectivity index (χ2n) is 4.22. The number of aromatic nitrogens is 2. The van der Waals surface area contributed by atoms with E-state index in [0.717, 1.165) is 16.7 Å². The molecule has 3 heteroatoms. The molecule has 0 aliphatic carbocycles. The summed E-state index contributed by atoms with van der Waals surface area (Å²) in [4.78, 5) is 19.7. The Bertz CT molecular complexity index is 504. The summed E-state index contributed by atoms with van der Waals surface area (Å²) < 4.78 is 0. The minimum Gasteiger partial charge on any atom is -0.294 e. The Morgan fingerprint density at radius 1 is 1.00 bits per heavy atom. The van der Waals surface area contributed by atoms with Crippen molar-refractivity contribution in [3.8, 4) is 11.1 Å². The van der Waals surface area contributed by atoms with Gasteiger partial charge in [-0.2, -0.15) is 0 Å². The fraction of sp³-hybridized carbons (Fsp3) is 0.214. The summed E-state index contributed by atoms with van der Waals surface area (Å²) in [6.07, 6.45) is 5.01. The van der Waals surface area contributed by atoms with Crippen molar-refractivity contribution >= 4 is 5.78 Å².